The number of hydrogen-bond acceptors (Lipinski definition) is 2. The minimum absolute atomic E-state index is 0.599. The molecule has 0 bridgehead atoms. The highest BCUT2D eigenvalue weighted by Crippen LogP contribution is 2.27. The maximum Gasteiger partial charge on any atom is 0.0377 e. The molecule has 1 N–H and O–H groups in total. The van der Waals surface area contributed by atoms with Crippen LogP contribution in [0, 0.1) is 0 Å². The van der Waals surface area contributed by atoms with Crippen LogP contribution in [0.1, 0.15) is 38.2 Å². The molecule has 1 saturated heterocycles. The summed E-state index contributed by atoms with van der Waals surface area (Å²) < 4.78 is 0. The molecule has 88 valence electrons. The van der Waals surface area contributed by atoms with Crippen molar-refractivity contribution >= 4 is 17.4 Å². The Kier molecular flexibility index (Phi) is 4.16. The second-order valence-electron chi connectivity index (χ2n) is 4.77. The molecule has 1 aliphatic heterocycles. The fraction of sp³-hybridized carbons (Fsp3) is 0.571. The lowest BCUT2D eigenvalue weighted by Crippen LogP contribution is -2.25. The summed E-state index contributed by atoms with van der Waals surface area (Å²) in [4.78, 5) is 0. The van der Waals surface area contributed by atoms with Crippen molar-refractivity contribution in [3.05, 3.63) is 29.8 Å². The van der Waals surface area contributed by atoms with Crippen molar-refractivity contribution in [2.24, 2.45) is 0 Å². The predicted octanol–water partition coefficient (Wildman–Crippen LogP) is 4.12. The highest BCUT2D eigenvalue weighted by atomic mass is 32.2. The lowest BCUT2D eigenvalue weighted by Gasteiger charge is -2.25. The lowest BCUT2D eigenvalue weighted by atomic mass is 10.00. The Bertz CT molecular complexity index is 329. The molecule has 2 rings (SSSR count). The Labute approximate surface area is 103 Å². The van der Waals surface area contributed by atoms with Gasteiger partial charge in [-0.05, 0) is 41.9 Å². The zero-order valence-electron chi connectivity index (χ0n) is 10.2. The number of anilines is 1. The average molecular weight is 235 g/mol. The molecule has 1 aliphatic rings. The topological polar surface area (TPSA) is 12.0 Å². The van der Waals surface area contributed by atoms with Gasteiger partial charge in [0.15, 0.2) is 0 Å². The second-order valence-corrected chi connectivity index (χ2v) is 6.00. The van der Waals surface area contributed by atoms with Crippen LogP contribution >= 0.6 is 11.8 Å². The van der Waals surface area contributed by atoms with E-state index in [0.717, 1.165) is 0 Å². The van der Waals surface area contributed by atoms with Gasteiger partial charge in [0.1, 0.15) is 0 Å². The van der Waals surface area contributed by atoms with E-state index < -0.39 is 0 Å². The quantitative estimate of drug-likeness (QED) is 0.846. The highest BCUT2D eigenvalue weighted by molar-refractivity contribution is 7.99. The molecule has 1 nitrogen and oxygen atoms in total. The summed E-state index contributed by atoms with van der Waals surface area (Å²) in [5.74, 6) is 3.21. The summed E-state index contributed by atoms with van der Waals surface area (Å²) >= 11 is 2.08. The molecule has 0 aromatic heterocycles. The van der Waals surface area contributed by atoms with Crippen LogP contribution < -0.4 is 5.32 Å². The average Bonchev–Trinajstić information content (AvgIpc) is 2.31. The summed E-state index contributed by atoms with van der Waals surface area (Å²) in [5.41, 5.74) is 2.79. The van der Waals surface area contributed by atoms with Crippen LogP contribution in [0.2, 0.25) is 0 Å². The lowest BCUT2D eigenvalue weighted by molar-refractivity contribution is 0.664. The van der Waals surface area contributed by atoms with Gasteiger partial charge in [-0.1, -0.05) is 32.0 Å². The Hall–Kier alpha value is -0.630. The molecule has 0 radical (unpaired) electrons. The van der Waals surface area contributed by atoms with Crippen LogP contribution in [-0.2, 0) is 0 Å². The van der Waals surface area contributed by atoms with Gasteiger partial charge in [-0.15, -0.1) is 0 Å². The van der Waals surface area contributed by atoms with Gasteiger partial charge in [-0.2, -0.15) is 11.8 Å². The number of hydrogen-bond donors (Lipinski definition) is 1. The van der Waals surface area contributed by atoms with Gasteiger partial charge in [0, 0.05) is 11.7 Å². The first kappa shape index (κ1) is 11.8. The Balaban J connectivity index is 2.07. The first-order valence-corrected chi connectivity index (χ1v) is 7.36. The molecule has 16 heavy (non-hydrogen) atoms. The summed E-state index contributed by atoms with van der Waals surface area (Å²) in [5, 5.41) is 3.72. The van der Waals surface area contributed by atoms with Crippen molar-refractivity contribution in [1.29, 1.82) is 0 Å². The standard InChI is InChI=1S/C14H21NS/c1-11(2)13-5-3-4-6-14(13)15-12-7-9-16-10-8-12/h3-6,11-12,15H,7-10H2,1-2H3. The van der Waals surface area contributed by atoms with Gasteiger partial charge in [-0.3, -0.25) is 0 Å². The minimum Gasteiger partial charge on any atom is -0.382 e. The highest BCUT2D eigenvalue weighted by Gasteiger charge is 2.15. The van der Waals surface area contributed by atoms with E-state index in [-0.39, 0.29) is 0 Å². The molecular weight excluding hydrogens is 214 g/mol. The molecule has 0 unspecified atom stereocenters. The molecule has 1 fully saturated rings. The maximum atomic E-state index is 3.72. The largest absolute Gasteiger partial charge is 0.382 e. The van der Waals surface area contributed by atoms with Crippen LogP contribution in [0.25, 0.3) is 0 Å². The van der Waals surface area contributed by atoms with Crippen LogP contribution in [-0.4, -0.2) is 17.5 Å². The van der Waals surface area contributed by atoms with E-state index in [9.17, 15) is 0 Å². The van der Waals surface area contributed by atoms with E-state index in [2.05, 4.69) is 55.2 Å². The Morgan fingerprint density at radius 1 is 1.19 bits per heavy atom. The maximum absolute atomic E-state index is 3.72. The monoisotopic (exact) mass is 235 g/mol. The summed E-state index contributed by atoms with van der Waals surface area (Å²) in [6.07, 6.45) is 2.61. The van der Waals surface area contributed by atoms with Crippen molar-refractivity contribution in [3.63, 3.8) is 0 Å². The smallest absolute Gasteiger partial charge is 0.0377 e. The van der Waals surface area contributed by atoms with Gasteiger partial charge >= 0.3 is 0 Å². The van der Waals surface area contributed by atoms with Crippen LogP contribution in [0.4, 0.5) is 5.69 Å². The van der Waals surface area contributed by atoms with Crippen molar-refractivity contribution < 1.29 is 0 Å². The fourth-order valence-electron chi connectivity index (χ4n) is 2.19. The first-order chi connectivity index (χ1) is 7.77. The third-order valence-electron chi connectivity index (χ3n) is 3.16. The molecule has 1 aromatic carbocycles. The summed E-state index contributed by atoms with van der Waals surface area (Å²) in [7, 11) is 0. The zero-order chi connectivity index (χ0) is 11.4. The van der Waals surface area contributed by atoms with Crippen molar-refractivity contribution in [2.45, 2.75) is 38.6 Å². The van der Waals surface area contributed by atoms with Crippen molar-refractivity contribution in [3.8, 4) is 0 Å². The van der Waals surface area contributed by atoms with Crippen LogP contribution in [0.15, 0.2) is 24.3 Å². The molecule has 0 spiro atoms. The third-order valence-corrected chi connectivity index (χ3v) is 4.21. The van der Waals surface area contributed by atoms with Crippen molar-refractivity contribution in [1.82, 2.24) is 0 Å². The normalized spacial score (nSPS) is 17.7. The molecule has 0 atom stereocenters. The van der Waals surface area contributed by atoms with Crippen LogP contribution in [0.5, 0.6) is 0 Å². The van der Waals surface area contributed by atoms with Crippen LogP contribution in [0.3, 0.4) is 0 Å². The first-order valence-electron chi connectivity index (χ1n) is 6.20. The SMILES string of the molecule is CC(C)c1ccccc1NC1CCSCC1. The Morgan fingerprint density at radius 3 is 2.56 bits per heavy atom. The van der Waals surface area contributed by atoms with Gasteiger partial charge in [-0.25, -0.2) is 0 Å². The van der Waals surface area contributed by atoms with E-state index in [0.29, 0.717) is 12.0 Å². The number of rotatable bonds is 3. The van der Waals surface area contributed by atoms with Gasteiger partial charge in [0.2, 0.25) is 0 Å². The third kappa shape index (κ3) is 2.94. The number of thioether (sulfide) groups is 1. The van der Waals surface area contributed by atoms with Gasteiger partial charge in [0.05, 0.1) is 0 Å². The minimum atomic E-state index is 0.599. The van der Waals surface area contributed by atoms with E-state index in [1.807, 2.05) is 0 Å². The number of nitrogens with one attached hydrogen (secondary N) is 1. The molecule has 1 heterocycles. The zero-order valence-corrected chi connectivity index (χ0v) is 11.0. The molecule has 2 heteroatoms. The van der Waals surface area contributed by atoms with Gasteiger partial charge < -0.3 is 5.32 Å². The van der Waals surface area contributed by atoms with E-state index >= 15 is 0 Å². The summed E-state index contributed by atoms with van der Waals surface area (Å²) in [6, 6.07) is 9.41. The van der Waals surface area contributed by atoms with E-state index in [1.54, 1.807) is 0 Å². The molecule has 0 amide bonds. The molecule has 0 aliphatic carbocycles. The predicted molar refractivity (Wildman–Crippen MR) is 74.5 cm³/mol. The number of benzene rings is 1. The fourth-order valence-corrected chi connectivity index (χ4v) is 3.30. The van der Waals surface area contributed by atoms with Crippen molar-refractivity contribution in [2.75, 3.05) is 16.8 Å². The van der Waals surface area contributed by atoms with E-state index in [4.69, 9.17) is 0 Å². The Morgan fingerprint density at radius 2 is 1.88 bits per heavy atom. The number of para-hydroxylation sites is 1. The van der Waals surface area contributed by atoms with Gasteiger partial charge in [0.25, 0.3) is 0 Å². The molecule has 1 aromatic rings. The molecule has 0 saturated carbocycles. The van der Waals surface area contributed by atoms with E-state index in [1.165, 1.54) is 35.6 Å². The second kappa shape index (κ2) is 5.62. The molecular formula is C14H21NS. The summed E-state index contributed by atoms with van der Waals surface area (Å²) in [6.45, 7) is 4.52.